The molecule has 1 unspecified atom stereocenters. The summed E-state index contributed by atoms with van der Waals surface area (Å²) >= 11 is 0. The normalized spacial score (nSPS) is 18.8. The van der Waals surface area contributed by atoms with Crippen molar-refractivity contribution in [2.24, 2.45) is 5.92 Å². The standard InChI is InChI=1S/C27H30FN5O/c1-20-5-2-3-7-24(20)25-12-13-26(30-29-25)33-14-4-6-21(19-33)27(34)32-17-15-31(16-18-32)23-10-8-22(28)9-11-23/h2-3,5,7-13,21H,4,6,14-19H2,1H3. The number of anilines is 2. The van der Waals surface area contributed by atoms with E-state index < -0.39 is 0 Å². The molecule has 2 aliphatic heterocycles. The molecule has 0 bridgehead atoms. The van der Waals surface area contributed by atoms with E-state index in [0.717, 1.165) is 55.2 Å². The van der Waals surface area contributed by atoms with E-state index in [1.165, 1.54) is 17.7 Å². The fraction of sp³-hybridized carbons (Fsp3) is 0.370. The molecule has 2 fully saturated rings. The predicted molar refractivity (Wildman–Crippen MR) is 132 cm³/mol. The topological polar surface area (TPSA) is 52.6 Å². The van der Waals surface area contributed by atoms with Crippen LogP contribution in [0, 0.1) is 18.7 Å². The number of aryl methyl sites for hydroxylation is 1. The molecule has 34 heavy (non-hydrogen) atoms. The van der Waals surface area contributed by atoms with Gasteiger partial charge in [0.1, 0.15) is 5.82 Å². The summed E-state index contributed by atoms with van der Waals surface area (Å²) in [5.74, 6) is 0.807. The molecule has 2 aliphatic rings. The predicted octanol–water partition coefficient (Wildman–Crippen LogP) is 4.16. The van der Waals surface area contributed by atoms with Gasteiger partial charge in [0, 0.05) is 50.5 Å². The average Bonchev–Trinajstić information content (AvgIpc) is 2.89. The summed E-state index contributed by atoms with van der Waals surface area (Å²) in [6.45, 7) is 6.55. The Bertz CT molecular complexity index is 1130. The van der Waals surface area contributed by atoms with Crippen LogP contribution in [0.3, 0.4) is 0 Å². The van der Waals surface area contributed by atoms with Crippen LogP contribution in [0.25, 0.3) is 11.3 Å². The van der Waals surface area contributed by atoms with E-state index in [2.05, 4.69) is 39.1 Å². The maximum Gasteiger partial charge on any atom is 0.227 e. The molecule has 2 saturated heterocycles. The zero-order chi connectivity index (χ0) is 23.5. The Morgan fingerprint density at radius 2 is 1.65 bits per heavy atom. The van der Waals surface area contributed by atoms with Crippen molar-refractivity contribution in [3.05, 3.63) is 72.0 Å². The second-order valence-corrected chi connectivity index (χ2v) is 9.17. The highest BCUT2D eigenvalue weighted by molar-refractivity contribution is 5.80. The number of piperazine rings is 1. The summed E-state index contributed by atoms with van der Waals surface area (Å²) in [6, 6.07) is 18.8. The third kappa shape index (κ3) is 4.74. The Labute approximate surface area is 200 Å². The Kier molecular flexibility index (Phi) is 6.43. The molecule has 1 amide bonds. The molecule has 3 aromatic rings. The first-order valence-electron chi connectivity index (χ1n) is 12.0. The van der Waals surface area contributed by atoms with E-state index >= 15 is 0 Å². The molecule has 176 valence electrons. The lowest BCUT2D eigenvalue weighted by Crippen LogP contribution is -2.52. The lowest BCUT2D eigenvalue weighted by Gasteiger charge is -2.40. The van der Waals surface area contributed by atoms with Gasteiger partial charge < -0.3 is 14.7 Å². The van der Waals surface area contributed by atoms with Gasteiger partial charge in [0.05, 0.1) is 11.6 Å². The van der Waals surface area contributed by atoms with Crippen molar-refractivity contribution >= 4 is 17.4 Å². The smallest absolute Gasteiger partial charge is 0.227 e. The van der Waals surface area contributed by atoms with Crippen molar-refractivity contribution in [1.29, 1.82) is 0 Å². The van der Waals surface area contributed by atoms with Crippen LogP contribution >= 0.6 is 0 Å². The second-order valence-electron chi connectivity index (χ2n) is 9.17. The van der Waals surface area contributed by atoms with Crippen LogP contribution in [0.15, 0.2) is 60.7 Å². The van der Waals surface area contributed by atoms with Gasteiger partial charge in [-0.3, -0.25) is 4.79 Å². The van der Waals surface area contributed by atoms with Gasteiger partial charge in [-0.25, -0.2) is 4.39 Å². The third-order valence-electron chi connectivity index (χ3n) is 6.95. The number of benzene rings is 2. The van der Waals surface area contributed by atoms with Crippen molar-refractivity contribution < 1.29 is 9.18 Å². The monoisotopic (exact) mass is 459 g/mol. The third-order valence-corrected chi connectivity index (χ3v) is 6.95. The zero-order valence-electron chi connectivity index (χ0n) is 19.5. The van der Waals surface area contributed by atoms with Crippen molar-refractivity contribution in [3.63, 3.8) is 0 Å². The van der Waals surface area contributed by atoms with Crippen LogP contribution < -0.4 is 9.80 Å². The quantitative estimate of drug-likeness (QED) is 0.587. The summed E-state index contributed by atoms with van der Waals surface area (Å²) in [7, 11) is 0. The van der Waals surface area contributed by atoms with E-state index in [1.807, 2.05) is 29.2 Å². The summed E-state index contributed by atoms with van der Waals surface area (Å²) < 4.78 is 13.2. The number of nitrogens with zero attached hydrogens (tertiary/aromatic N) is 5. The number of aromatic nitrogens is 2. The Balaban J connectivity index is 1.19. The molecule has 6 nitrogen and oxygen atoms in total. The van der Waals surface area contributed by atoms with Gasteiger partial charge in [0.25, 0.3) is 0 Å². The number of piperidine rings is 1. The maximum absolute atomic E-state index is 13.3. The number of halogens is 1. The Morgan fingerprint density at radius 1 is 0.882 bits per heavy atom. The number of hydrogen-bond acceptors (Lipinski definition) is 5. The van der Waals surface area contributed by atoms with Crippen LogP contribution in [-0.4, -0.2) is 60.3 Å². The molecule has 7 heteroatoms. The van der Waals surface area contributed by atoms with Crippen LogP contribution in [0.2, 0.25) is 0 Å². The van der Waals surface area contributed by atoms with Gasteiger partial charge in [-0.2, -0.15) is 0 Å². The minimum Gasteiger partial charge on any atom is -0.368 e. The van der Waals surface area contributed by atoms with E-state index in [-0.39, 0.29) is 17.6 Å². The van der Waals surface area contributed by atoms with Gasteiger partial charge in [-0.05, 0) is 61.7 Å². The highest BCUT2D eigenvalue weighted by atomic mass is 19.1. The van der Waals surface area contributed by atoms with Crippen molar-refractivity contribution in [2.75, 3.05) is 49.1 Å². The lowest BCUT2D eigenvalue weighted by atomic mass is 9.96. The van der Waals surface area contributed by atoms with Crippen molar-refractivity contribution in [3.8, 4) is 11.3 Å². The molecule has 0 radical (unpaired) electrons. The molecule has 0 aliphatic carbocycles. The Hall–Kier alpha value is -3.48. The van der Waals surface area contributed by atoms with Gasteiger partial charge >= 0.3 is 0 Å². The first-order valence-corrected chi connectivity index (χ1v) is 12.0. The molecule has 0 N–H and O–H groups in total. The first kappa shape index (κ1) is 22.3. The highest BCUT2D eigenvalue weighted by Gasteiger charge is 2.31. The lowest BCUT2D eigenvalue weighted by molar-refractivity contribution is -0.136. The van der Waals surface area contributed by atoms with Crippen LogP contribution in [0.4, 0.5) is 15.9 Å². The van der Waals surface area contributed by atoms with E-state index in [9.17, 15) is 9.18 Å². The number of hydrogen-bond donors (Lipinski definition) is 0. The minimum absolute atomic E-state index is 0.0241. The summed E-state index contributed by atoms with van der Waals surface area (Å²) in [6.07, 6.45) is 1.87. The maximum atomic E-state index is 13.3. The molecule has 1 aromatic heterocycles. The molecule has 2 aromatic carbocycles. The first-order chi connectivity index (χ1) is 16.6. The molecular weight excluding hydrogens is 429 g/mol. The molecule has 5 rings (SSSR count). The fourth-order valence-corrected chi connectivity index (χ4v) is 4.98. The van der Waals surface area contributed by atoms with E-state index in [4.69, 9.17) is 0 Å². The van der Waals surface area contributed by atoms with E-state index in [1.54, 1.807) is 12.1 Å². The van der Waals surface area contributed by atoms with Crippen molar-refractivity contribution in [2.45, 2.75) is 19.8 Å². The minimum atomic E-state index is -0.228. The number of rotatable bonds is 4. The van der Waals surface area contributed by atoms with Gasteiger partial charge in [-0.15, -0.1) is 10.2 Å². The average molecular weight is 460 g/mol. The van der Waals surface area contributed by atoms with E-state index in [0.29, 0.717) is 19.6 Å². The molecular formula is C27H30FN5O. The van der Waals surface area contributed by atoms with Gasteiger partial charge in [-0.1, -0.05) is 24.3 Å². The summed E-state index contributed by atoms with van der Waals surface area (Å²) in [4.78, 5) is 19.7. The summed E-state index contributed by atoms with van der Waals surface area (Å²) in [5.41, 5.74) is 4.14. The summed E-state index contributed by atoms with van der Waals surface area (Å²) in [5, 5.41) is 8.96. The van der Waals surface area contributed by atoms with Crippen LogP contribution in [-0.2, 0) is 4.79 Å². The highest BCUT2D eigenvalue weighted by Crippen LogP contribution is 2.26. The van der Waals surface area contributed by atoms with Gasteiger partial charge in [0.15, 0.2) is 5.82 Å². The SMILES string of the molecule is Cc1ccccc1-c1ccc(N2CCCC(C(=O)N3CCN(c4ccc(F)cc4)CC3)C2)nn1. The molecule has 1 atom stereocenters. The zero-order valence-corrected chi connectivity index (χ0v) is 19.5. The number of carbonyl (C=O) groups excluding carboxylic acids is 1. The largest absolute Gasteiger partial charge is 0.368 e. The molecule has 0 spiro atoms. The fourth-order valence-electron chi connectivity index (χ4n) is 4.98. The Morgan fingerprint density at radius 3 is 2.35 bits per heavy atom. The van der Waals surface area contributed by atoms with Crippen LogP contribution in [0.1, 0.15) is 18.4 Å². The molecule has 3 heterocycles. The molecule has 0 saturated carbocycles. The number of amides is 1. The van der Waals surface area contributed by atoms with Gasteiger partial charge in [0.2, 0.25) is 5.91 Å². The van der Waals surface area contributed by atoms with Crippen LogP contribution in [0.5, 0.6) is 0 Å². The number of carbonyl (C=O) groups is 1. The van der Waals surface area contributed by atoms with Crippen molar-refractivity contribution in [1.82, 2.24) is 15.1 Å². The second kappa shape index (κ2) is 9.79.